The molecule has 0 radical (unpaired) electrons. The second-order valence-corrected chi connectivity index (χ2v) is 5.43. The molecule has 0 heterocycles. The lowest BCUT2D eigenvalue weighted by molar-refractivity contribution is -0.120. The molecule has 6 heteroatoms. The van der Waals surface area contributed by atoms with Crippen LogP contribution in [0.25, 0.3) is 0 Å². The molecular formula is C16H24N2O4. The van der Waals surface area contributed by atoms with Gasteiger partial charge >= 0.3 is 0 Å². The summed E-state index contributed by atoms with van der Waals surface area (Å²) in [6, 6.07) is 3.41. The van der Waals surface area contributed by atoms with E-state index < -0.39 is 0 Å². The molecule has 0 aromatic heterocycles. The van der Waals surface area contributed by atoms with Crippen molar-refractivity contribution in [2.75, 3.05) is 33.2 Å². The summed E-state index contributed by atoms with van der Waals surface area (Å²) in [7, 11) is 4.66. The van der Waals surface area contributed by atoms with Gasteiger partial charge in [0.25, 0.3) is 0 Å². The van der Waals surface area contributed by atoms with Crippen molar-refractivity contribution in [1.82, 2.24) is 0 Å². The summed E-state index contributed by atoms with van der Waals surface area (Å²) in [6.45, 7) is 0.543. The summed E-state index contributed by atoms with van der Waals surface area (Å²) in [5.41, 5.74) is 6.33. The van der Waals surface area contributed by atoms with Crippen LogP contribution >= 0.6 is 0 Å². The maximum atomic E-state index is 12.5. The zero-order valence-electron chi connectivity index (χ0n) is 13.3. The first-order valence-corrected chi connectivity index (χ1v) is 7.45. The second-order valence-electron chi connectivity index (χ2n) is 5.43. The van der Waals surface area contributed by atoms with Crippen molar-refractivity contribution in [3.8, 4) is 17.2 Å². The molecule has 122 valence electrons. The maximum absolute atomic E-state index is 12.5. The fraction of sp³-hybridized carbons (Fsp3) is 0.562. The molecule has 6 nitrogen and oxygen atoms in total. The molecule has 1 fully saturated rings. The Hall–Kier alpha value is -1.95. The van der Waals surface area contributed by atoms with E-state index in [0.717, 1.165) is 19.3 Å². The van der Waals surface area contributed by atoms with Gasteiger partial charge in [-0.25, -0.2) is 0 Å². The highest BCUT2D eigenvalue weighted by molar-refractivity contribution is 5.94. The van der Waals surface area contributed by atoms with Gasteiger partial charge in [-0.15, -0.1) is 0 Å². The van der Waals surface area contributed by atoms with Gasteiger partial charge in [-0.3, -0.25) is 4.79 Å². The summed E-state index contributed by atoms with van der Waals surface area (Å²) in [4.78, 5) is 12.5. The van der Waals surface area contributed by atoms with E-state index in [9.17, 15) is 4.79 Å². The molecular weight excluding hydrogens is 284 g/mol. The van der Waals surface area contributed by atoms with E-state index in [1.54, 1.807) is 33.5 Å². The monoisotopic (exact) mass is 308 g/mol. The Morgan fingerprint density at radius 3 is 2.36 bits per heavy atom. The van der Waals surface area contributed by atoms with Crippen molar-refractivity contribution in [3.63, 3.8) is 0 Å². The van der Waals surface area contributed by atoms with Crippen molar-refractivity contribution in [2.45, 2.75) is 19.3 Å². The second kappa shape index (κ2) is 7.35. The molecule has 3 N–H and O–H groups in total. The van der Waals surface area contributed by atoms with E-state index >= 15 is 0 Å². The average Bonchev–Trinajstić information content (AvgIpc) is 3.03. The van der Waals surface area contributed by atoms with Crippen molar-refractivity contribution < 1.29 is 19.0 Å². The third-order valence-electron chi connectivity index (χ3n) is 4.26. The third kappa shape index (κ3) is 3.27. The summed E-state index contributed by atoms with van der Waals surface area (Å²) < 4.78 is 15.8. The minimum Gasteiger partial charge on any atom is -0.494 e. The molecule has 1 aliphatic rings. The first kappa shape index (κ1) is 16.4. The zero-order chi connectivity index (χ0) is 16.1. The van der Waals surface area contributed by atoms with Crippen LogP contribution in [-0.2, 0) is 4.79 Å². The number of ether oxygens (including phenoxy) is 3. The lowest BCUT2D eigenvalue weighted by Crippen LogP contribution is -2.29. The summed E-state index contributed by atoms with van der Waals surface area (Å²) >= 11 is 0. The number of carbonyl (C=O) groups excluding carboxylic acids is 1. The molecule has 1 aromatic carbocycles. The summed E-state index contributed by atoms with van der Waals surface area (Å²) in [5, 5.41) is 2.94. The van der Waals surface area contributed by atoms with E-state index in [1.165, 1.54) is 0 Å². The van der Waals surface area contributed by atoms with E-state index in [4.69, 9.17) is 19.9 Å². The van der Waals surface area contributed by atoms with Gasteiger partial charge in [-0.2, -0.15) is 0 Å². The number of hydrogen-bond donors (Lipinski definition) is 2. The molecule has 1 aliphatic carbocycles. The number of nitrogens with one attached hydrogen (secondary N) is 1. The fourth-order valence-corrected chi connectivity index (χ4v) is 3.02. The lowest BCUT2D eigenvalue weighted by Gasteiger charge is -2.19. The minimum absolute atomic E-state index is 0.0153. The van der Waals surface area contributed by atoms with Crippen LogP contribution in [0.4, 0.5) is 5.69 Å². The molecule has 1 aromatic rings. The third-order valence-corrected chi connectivity index (χ3v) is 4.26. The summed E-state index contributed by atoms with van der Waals surface area (Å²) in [5.74, 6) is 1.83. The van der Waals surface area contributed by atoms with Gasteiger partial charge in [0.1, 0.15) is 5.75 Å². The molecule has 2 atom stereocenters. The molecule has 1 saturated carbocycles. The van der Waals surface area contributed by atoms with Crippen molar-refractivity contribution in [1.29, 1.82) is 0 Å². The first-order valence-electron chi connectivity index (χ1n) is 7.45. The number of methoxy groups -OCH3 is 3. The number of anilines is 1. The number of carbonyl (C=O) groups is 1. The molecule has 0 aliphatic heterocycles. The summed E-state index contributed by atoms with van der Waals surface area (Å²) in [6.07, 6.45) is 2.93. The van der Waals surface area contributed by atoms with Gasteiger partial charge in [0, 0.05) is 18.1 Å². The molecule has 22 heavy (non-hydrogen) atoms. The maximum Gasteiger partial charge on any atom is 0.227 e. The Bertz CT molecular complexity index is 533. The van der Waals surface area contributed by atoms with Crippen molar-refractivity contribution in [2.24, 2.45) is 17.6 Å². The van der Waals surface area contributed by atoms with E-state index in [-0.39, 0.29) is 17.7 Å². The first-order chi connectivity index (χ1) is 10.6. The van der Waals surface area contributed by atoms with Gasteiger partial charge in [0.05, 0.1) is 27.0 Å². The number of nitrogens with two attached hydrogens (primary N) is 1. The normalized spacial score (nSPS) is 20.5. The topological polar surface area (TPSA) is 82.8 Å². The molecule has 2 rings (SSSR count). The fourth-order valence-electron chi connectivity index (χ4n) is 3.02. The molecule has 1 amide bonds. The average molecular weight is 308 g/mol. The Labute approximate surface area is 130 Å². The predicted octanol–water partition coefficient (Wildman–Crippen LogP) is 2.03. The van der Waals surface area contributed by atoms with Crippen LogP contribution in [0.15, 0.2) is 12.1 Å². The Balaban J connectivity index is 2.22. The SMILES string of the molecule is COc1cc(OC)c(OC)cc1NC(=O)[C@@H]1CCC[C@@H]1CN. The van der Waals surface area contributed by atoms with Crippen LogP contribution in [0.2, 0.25) is 0 Å². The number of hydrogen-bond acceptors (Lipinski definition) is 5. The van der Waals surface area contributed by atoms with Crippen molar-refractivity contribution in [3.05, 3.63) is 12.1 Å². The van der Waals surface area contributed by atoms with Gasteiger partial charge in [-0.1, -0.05) is 6.42 Å². The van der Waals surface area contributed by atoms with Crippen LogP contribution in [0.3, 0.4) is 0 Å². The highest BCUT2D eigenvalue weighted by atomic mass is 16.5. The van der Waals surface area contributed by atoms with Crippen LogP contribution in [0, 0.1) is 11.8 Å². The van der Waals surface area contributed by atoms with E-state index in [0.29, 0.717) is 29.5 Å². The molecule has 0 unspecified atom stereocenters. The predicted molar refractivity (Wildman–Crippen MR) is 84.6 cm³/mol. The highest BCUT2D eigenvalue weighted by Gasteiger charge is 2.32. The Morgan fingerprint density at radius 1 is 1.14 bits per heavy atom. The van der Waals surface area contributed by atoms with Gasteiger partial charge in [0.2, 0.25) is 5.91 Å². The van der Waals surface area contributed by atoms with Crippen LogP contribution in [0.1, 0.15) is 19.3 Å². The zero-order valence-corrected chi connectivity index (χ0v) is 13.3. The Morgan fingerprint density at radius 2 is 1.77 bits per heavy atom. The molecule has 0 spiro atoms. The van der Waals surface area contributed by atoms with E-state index in [2.05, 4.69) is 5.32 Å². The van der Waals surface area contributed by atoms with Crippen molar-refractivity contribution >= 4 is 11.6 Å². The van der Waals surface area contributed by atoms with Crippen LogP contribution < -0.4 is 25.3 Å². The number of amides is 1. The Kier molecular flexibility index (Phi) is 5.49. The van der Waals surface area contributed by atoms with Gasteiger partial charge in [0.15, 0.2) is 11.5 Å². The van der Waals surface area contributed by atoms with Crippen LogP contribution in [0.5, 0.6) is 17.2 Å². The number of rotatable bonds is 6. The smallest absolute Gasteiger partial charge is 0.227 e. The molecule has 0 saturated heterocycles. The highest BCUT2D eigenvalue weighted by Crippen LogP contribution is 2.39. The quantitative estimate of drug-likeness (QED) is 0.840. The standard InChI is InChI=1S/C16H24N2O4/c1-20-13-8-15(22-3)14(21-2)7-12(13)18-16(19)11-6-4-5-10(11)9-17/h7-8,10-11H,4-6,9,17H2,1-3H3,(H,18,19)/t10-,11-/m1/s1. The molecule has 0 bridgehead atoms. The lowest BCUT2D eigenvalue weighted by atomic mass is 9.95. The van der Waals surface area contributed by atoms with E-state index in [1.807, 2.05) is 0 Å². The van der Waals surface area contributed by atoms with Crippen LogP contribution in [-0.4, -0.2) is 33.8 Å². The number of benzene rings is 1. The largest absolute Gasteiger partial charge is 0.494 e. The minimum atomic E-state index is -0.0391. The van der Waals surface area contributed by atoms with Gasteiger partial charge in [-0.05, 0) is 25.3 Å². The van der Waals surface area contributed by atoms with Gasteiger partial charge < -0.3 is 25.3 Å².